The van der Waals surface area contributed by atoms with Gasteiger partial charge in [0.05, 0.1) is 27.7 Å². The number of likely N-dealkylation sites (N-methyl/N-ethyl adjacent to an activating group) is 1. The van der Waals surface area contributed by atoms with Gasteiger partial charge in [-0.1, -0.05) is 23.7 Å². The number of para-hydroxylation sites is 1. The monoisotopic (exact) mass is 404 g/mol. The lowest BCUT2D eigenvalue weighted by molar-refractivity contribution is -0.383. The number of rotatable bonds is 6. The molecule has 0 aliphatic rings. The smallest absolute Gasteiger partial charge is 0.292 e. The Labute approximate surface area is 164 Å². The van der Waals surface area contributed by atoms with Crippen molar-refractivity contribution in [1.29, 1.82) is 0 Å². The third-order valence-electron chi connectivity index (χ3n) is 4.15. The van der Waals surface area contributed by atoms with Crippen LogP contribution in [-0.4, -0.2) is 34.3 Å². The Morgan fingerprint density at radius 1 is 1.37 bits per heavy atom. The number of carbonyl (C=O) groups is 1. The van der Waals surface area contributed by atoms with Crippen LogP contribution >= 0.6 is 22.9 Å². The summed E-state index contributed by atoms with van der Waals surface area (Å²) < 4.78 is 1.09. The normalized spacial score (nSPS) is 12.3. The second-order valence-electron chi connectivity index (χ2n) is 6.08. The number of nitro benzene ring substituents is 1. The van der Waals surface area contributed by atoms with Gasteiger partial charge >= 0.3 is 0 Å². The fraction of sp³-hybridized carbons (Fsp3) is 0.222. The van der Waals surface area contributed by atoms with Gasteiger partial charge in [-0.2, -0.15) is 0 Å². The van der Waals surface area contributed by atoms with Crippen LogP contribution in [0.3, 0.4) is 0 Å². The van der Waals surface area contributed by atoms with Crippen molar-refractivity contribution in [3.63, 3.8) is 0 Å². The van der Waals surface area contributed by atoms with E-state index in [1.807, 2.05) is 43.1 Å². The van der Waals surface area contributed by atoms with E-state index in [1.54, 1.807) is 11.3 Å². The molecule has 9 heteroatoms. The van der Waals surface area contributed by atoms with Gasteiger partial charge in [0.1, 0.15) is 10.7 Å². The number of hydrogen-bond acceptors (Lipinski definition) is 6. The Hall–Kier alpha value is -2.55. The fourth-order valence-corrected chi connectivity index (χ4v) is 3.83. The zero-order valence-corrected chi connectivity index (χ0v) is 16.3. The number of hydrogen-bond donors (Lipinski definition) is 1. The predicted octanol–water partition coefficient (Wildman–Crippen LogP) is 4.49. The predicted molar refractivity (Wildman–Crippen MR) is 107 cm³/mol. The van der Waals surface area contributed by atoms with E-state index in [0.29, 0.717) is 5.02 Å². The maximum absolute atomic E-state index is 12.4. The van der Waals surface area contributed by atoms with Crippen LogP contribution in [0.25, 0.3) is 10.2 Å². The molecule has 0 radical (unpaired) electrons. The molecule has 1 amide bonds. The zero-order chi connectivity index (χ0) is 19.6. The second kappa shape index (κ2) is 7.99. The number of thiazole rings is 1. The van der Waals surface area contributed by atoms with Crippen LogP contribution in [0.4, 0.5) is 11.4 Å². The van der Waals surface area contributed by atoms with E-state index in [9.17, 15) is 14.9 Å². The highest BCUT2D eigenvalue weighted by atomic mass is 35.5. The Bertz CT molecular complexity index is 974. The maximum Gasteiger partial charge on any atom is 0.292 e. The highest BCUT2D eigenvalue weighted by Gasteiger charge is 2.21. The minimum atomic E-state index is -0.556. The molecule has 1 N–H and O–H groups in total. The van der Waals surface area contributed by atoms with Crippen LogP contribution < -0.4 is 5.32 Å². The quantitative estimate of drug-likeness (QED) is 0.483. The van der Waals surface area contributed by atoms with Crippen molar-refractivity contribution in [2.24, 2.45) is 0 Å². The molecule has 0 spiro atoms. The fourth-order valence-electron chi connectivity index (χ4n) is 2.58. The number of carbonyl (C=O) groups excluding carboxylic acids is 1. The SMILES string of the molecule is C[C@H](c1nc2ccccc2s1)N(C)CC(=O)Nc1cc(Cl)ccc1[N+](=O)[O-]. The first-order valence-electron chi connectivity index (χ1n) is 8.14. The van der Waals surface area contributed by atoms with Crippen LogP contribution in [0.15, 0.2) is 42.5 Å². The topological polar surface area (TPSA) is 88.4 Å². The number of nitrogens with zero attached hydrogens (tertiary/aromatic N) is 3. The summed E-state index contributed by atoms with van der Waals surface area (Å²) in [6.07, 6.45) is 0. The molecule has 0 aliphatic carbocycles. The Morgan fingerprint density at radius 3 is 2.81 bits per heavy atom. The van der Waals surface area contributed by atoms with E-state index in [2.05, 4.69) is 10.3 Å². The van der Waals surface area contributed by atoms with Crippen LogP contribution in [0.2, 0.25) is 5.02 Å². The molecular weight excluding hydrogens is 388 g/mol. The summed E-state index contributed by atoms with van der Waals surface area (Å²) in [5, 5.41) is 14.9. The van der Waals surface area contributed by atoms with Gasteiger partial charge < -0.3 is 5.32 Å². The minimum absolute atomic E-state index is 0.0563. The van der Waals surface area contributed by atoms with E-state index in [1.165, 1.54) is 18.2 Å². The molecule has 1 aromatic heterocycles. The first-order chi connectivity index (χ1) is 12.8. The van der Waals surface area contributed by atoms with Gasteiger partial charge in [0.2, 0.25) is 5.91 Å². The lowest BCUT2D eigenvalue weighted by atomic mass is 10.2. The number of fused-ring (bicyclic) bond motifs is 1. The van der Waals surface area contributed by atoms with Crippen LogP contribution in [-0.2, 0) is 4.79 Å². The summed E-state index contributed by atoms with van der Waals surface area (Å²) in [6.45, 7) is 2.02. The van der Waals surface area contributed by atoms with Crippen molar-refractivity contribution < 1.29 is 9.72 Å². The van der Waals surface area contributed by atoms with Gasteiger partial charge in [-0.3, -0.25) is 19.8 Å². The molecule has 3 aromatic rings. The number of amides is 1. The molecular formula is C18H17ClN4O3S. The number of nitro groups is 1. The number of nitrogens with one attached hydrogen (secondary N) is 1. The lowest BCUT2D eigenvalue weighted by Gasteiger charge is -2.22. The summed E-state index contributed by atoms with van der Waals surface area (Å²) in [7, 11) is 1.81. The molecule has 0 saturated carbocycles. The van der Waals surface area contributed by atoms with Crippen LogP contribution in [0.1, 0.15) is 18.0 Å². The molecule has 0 aliphatic heterocycles. The van der Waals surface area contributed by atoms with Crippen molar-refractivity contribution in [3.8, 4) is 0 Å². The van der Waals surface area contributed by atoms with Crippen molar-refractivity contribution >= 4 is 50.4 Å². The Balaban J connectivity index is 1.70. The summed E-state index contributed by atoms with van der Waals surface area (Å²) >= 11 is 7.47. The van der Waals surface area contributed by atoms with Gasteiger partial charge in [0.15, 0.2) is 0 Å². The average Bonchev–Trinajstić information content (AvgIpc) is 3.04. The third-order valence-corrected chi connectivity index (χ3v) is 5.59. The second-order valence-corrected chi connectivity index (χ2v) is 7.58. The molecule has 0 saturated heterocycles. The van der Waals surface area contributed by atoms with Crippen LogP contribution in [0, 0.1) is 10.1 Å². The van der Waals surface area contributed by atoms with Crippen molar-refractivity contribution in [3.05, 3.63) is 62.6 Å². The number of halogens is 1. The largest absolute Gasteiger partial charge is 0.319 e. The van der Waals surface area contributed by atoms with Gasteiger partial charge in [-0.25, -0.2) is 4.98 Å². The molecule has 7 nitrogen and oxygen atoms in total. The van der Waals surface area contributed by atoms with Crippen molar-refractivity contribution in [2.75, 3.05) is 18.9 Å². The number of anilines is 1. The van der Waals surface area contributed by atoms with E-state index in [0.717, 1.165) is 15.2 Å². The Kier molecular flexibility index (Phi) is 5.69. The minimum Gasteiger partial charge on any atom is -0.319 e. The van der Waals surface area contributed by atoms with Crippen molar-refractivity contribution in [1.82, 2.24) is 9.88 Å². The van der Waals surface area contributed by atoms with Gasteiger partial charge in [-0.15, -0.1) is 11.3 Å². The first kappa shape index (κ1) is 19.2. The molecule has 0 fully saturated rings. The van der Waals surface area contributed by atoms with E-state index < -0.39 is 4.92 Å². The molecule has 140 valence electrons. The van der Waals surface area contributed by atoms with Gasteiger partial charge in [-0.05, 0) is 38.2 Å². The molecule has 1 heterocycles. The van der Waals surface area contributed by atoms with Gasteiger partial charge in [0, 0.05) is 11.1 Å². The highest BCUT2D eigenvalue weighted by molar-refractivity contribution is 7.18. The maximum atomic E-state index is 12.4. The van der Waals surface area contributed by atoms with E-state index in [-0.39, 0.29) is 29.9 Å². The Morgan fingerprint density at radius 2 is 2.11 bits per heavy atom. The highest BCUT2D eigenvalue weighted by Crippen LogP contribution is 2.30. The molecule has 2 aromatic carbocycles. The van der Waals surface area contributed by atoms with Crippen molar-refractivity contribution in [2.45, 2.75) is 13.0 Å². The zero-order valence-electron chi connectivity index (χ0n) is 14.7. The van der Waals surface area contributed by atoms with Gasteiger partial charge in [0.25, 0.3) is 5.69 Å². The van der Waals surface area contributed by atoms with E-state index in [4.69, 9.17) is 11.6 Å². The molecule has 0 unspecified atom stereocenters. The summed E-state index contributed by atoms with van der Waals surface area (Å²) in [6, 6.07) is 11.8. The van der Waals surface area contributed by atoms with Crippen LogP contribution in [0.5, 0.6) is 0 Å². The summed E-state index contributed by atoms with van der Waals surface area (Å²) in [5.41, 5.74) is 0.810. The molecule has 3 rings (SSSR count). The summed E-state index contributed by atoms with van der Waals surface area (Å²) in [5.74, 6) is -0.365. The lowest BCUT2D eigenvalue weighted by Crippen LogP contribution is -2.32. The molecule has 0 bridgehead atoms. The summed E-state index contributed by atoms with van der Waals surface area (Å²) in [4.78, 5) is 29.4. The first-order valence-corrected chi connectivity index (χ1v) is 9.34. The average molecular weight is 405 g/mol. The molecule has 27 heavy (non-hydrogen) atoms. The number of benzene rings is 2. The third kappa shape index (κ3) is 4.41. The standard InChI is InChI=1S/C18H17ClN4O3S/c1-11(18-21-13-5-3-4-6-16(13)27-18)22(2)10-17(24)20-14-9-12(19)7-8-15(14)23(25)26/h3-9,11H,10H2,1-2H3,(H,20,24)/t11-/m1/s1. The van der Waals surface area contributed by atoms with E-state index >= 15 is 0 Å². The number of aromatic nitrogens is 1. The molecule has 1 atom stereocenters.